The van der Waals surface area contributed by atoms with E-state index < -0.39 is 5.92 Å². The van der Waals surface area contributed by atoms with Gasteiger partial charge in [0.2, 0.25) is 11.8 Å². The Bertz CT molecular complexity index is 810. The van der Waals surface area contributed by atoms with Crippen molar-refractivity contribution in [2.24, 2.45) is 5.92 Å². The fraction of sp³-hybridized carbons (Fsp3) is 0.409. The molecule has 3 rings (SSSR count). The Labute approximate surface area is 165 Å². The van der Waals surface area contributed by atoms with Gasteiger partial charge >= 0.3 is 0 Å². The third kappa shape index (κ3) is 4.57. The molecule has 6 heteroatoms. The van der Waals surface area contributed by atoms with Crippen molar-refractivity contribution < 1.29 is 14.3 Å². The number of carbonyl (C=O) groups is 2. The molecule has 1 aromatic carbocycles. The van der Waals surface area contributed by atoms with Crippen LogP contribution in [-0.4, -0.2) is 48.5 Å². The molecule has 2 atom stereocenters. The molecule has 1 fully saturated rings. The van der Waals surface area contributed by atoms with Gasteiger partial charge in [-0.2, -0.15) is 0 Å². The number of benzene rings is 1. The number of carbonyl (C=O) groups excluding carboxylic acids is 2. The van der Waals surface area contributed by atoms with Gasteiger partial charge < -0.3 is 15.0 Å². The summed E-state index contributed by atoms with van der Waals surface area (Å²) >= 11 is 0. The molecule has 2 heterocycles. The zero-order valence-electron chi connectivity index (χ0n) is 16.4. The van der Waals surface area contributed by atoms with Crippen LogP contribution < -0.4 is 5.32 Å². The summed E-state index contributed by atoms with van der Waals surface area (Å²) < 4.78 is 5.17. The number of methoxy groups -OCH3 is 1. The van der Waals surface area contributed by atoms with Crippen LogP contribution in [-0.2, 0) is 20.7 Å². The summed E-state index contributed by atoms with van der Waals surface area (Å²) in [6.45, 7) is 3.44. The number of aromatic nitrogens is 1. The zero-order valence-corrected chi connectivity index (χ0v) is 16.4. The molecule has 1 aromatic heterocycles. The van der Waals surface area contributed by atoms with E-state index in [9.17, 15) is 9.59 Å². The average molecular weight is 381 g/mol. The number of ether oxygens (including phenoxy) is 1. The summed E-state index contributed by atoms with van der Waals surface area (Å²) in [6.07, 6.45) is 2.63. The number of amides is 2. The third-order valence-electron chi connectivity index (χ3n) is 5.22. The second-order valence-corrected chi connectivity index (χ2v) is 7.05. The normalized spacial score (nSPS) is 19.1. The molecule has 148 valence electrons. The predicted octanol–water partition coefficient (Wildman–Crippen LogP) is 2.28. The molecular weight excluding hydrogens is 354 g/mol. The summed E-state index contributed by atoms with van der Waals surface area (Å²) in [5.41, 5.74) is 3.03. The highest BCUT2D eigenvalue weighted by atomic mass is 16.5. The Morgan fingerprint density at radius 2 is 2.04 bits per heavy atom. The van der Waals surface area contributed by atoms with Crippen molar-refractivity contribution in [1.29, 1.82) is 0 Å². The van der Waals surface area contributed by atoms with Gasteiger partial charge in [-0.05, 0) is 30.2 Å². The molecule has 1 saturated heterocycles. The molecule has 2 aromatic rings. The van der Waals surface area contributed by atoms with Gasteiger partial charge in [-0.3, -0.25) is 14.6 Å². The van der Waals surface area contributed by atoms with Crippen LogP contribution in [0.2, 0.25) is 0 Å². The van der Waals surface area contributed by atoms with Crippen LogP contribution in [0.4, 0.5) is 0 Å². The van der Waals surface area contributed by atoms with E-state index in [1.807, 2.05) is 49.4 Å². The average Bonchev–Trinajstić information content (AvgIpc) is 3.03. The van der Waals surface area contributed by atoms with E-state index >= 15 is 0 Å². The molecule has 0 spiro atoms. The first kappa shape index (κ1) is 20.0. The third-order valence-corrected chi connectivity index (χ3v) is 5.22. The lowest BCUT2D eigenvalue weighted by atomic mass is 9.90. The molecular formula is C22H27N3O3. The van der Waals surface area contributed by atoms with Crippen molar-refractivity contribution >= 4 is 11.8 Å². The summed E-state index contributed by atoms with van der Waals surface area (Å²) in [4.78, 5) is 31.7. The van der Waals surface area contributed by atoms with Gasteiger partial charge in [0.1, 0.15) is 0 Å². The SMILES string of the molecule is COCCN1C(=O)C[C@@H](C(=O)NCCc2ccccn2)[C@@H]1c1ccccc1C. The number of nitrogens with zero attached hydrogens (tertiary/aromatic N) is 2. The second-order valence-electron chi connectivity index (χ2n) is 7.05. The molecule has 1 aliphatic heterocycles. The van der Waals surface area contributed by atoms with E-state index in [0.29, 0.717) is 26.1 Å². The molecule has 0 aliphatic carbocycles. The smallest absolute Gasteiger partial charge is 0.226 e. The predicted molar refractivity (Wildman–Crippen MR) is 107 cm³/mol. The minimum Gasteiger partial charge on any atom is -0.383 e. The standard InChI is InChI=1S/C22H27N3O3/c1-16-7-3-4-9-18(16)21-19(15-20(26)25(21)13-14-28-2)22(27)24-12-10-17-8-5-6-11-23-17/h3-9,11,19,21H,10,12-15H2,1-2H3,(H,24,27)/t19-,21+/m1/s1. The van der Waals surface area contributed by atoms with E-state index in [1.54, 1.807) is 18.2 Å². The number of nitrogens with one attached hydrogen (secondary N) is 1. The largest absolute Gasteiger partial charge is 0.383 e. The van der Waals surface area contributed by atoms with Crippen LogP contribution in [0.1, 0.15) is 29.3 Å². The van der Waals surface area contributed by atoms with Crippen molar-refractivity contribution in [1.82, 2.24) is 15.2 Å². The molecule has 28 heavy (non-hydrogen) atoms. The highest BCUT2D eigenvalue weighted by Crippen LogP contribution is 2.39. The minimum atomic E-state index is -0.408. The first-order chi connectivity index (χ1) is 13.6. The first-order valence-electron chi connectivity index (χ1n) is 9.63. The maximum atomic E-state index is 13.0. The van der Waals surface area contributed by atoms with Crippen LogP contribution in [0, 0.1) is 12.8 Å². The Hall–Kier alpha value is -2.73. The number of hydrogen-bond acceptors (Lipinski definition) is 4. The summed E-state index contributed by atoms with van der Waals surface area (Å²) in [6, 6.07) is 13.4. The molecule has 2 amide bonds. The van der Waals surface area contributed by atoms with Crippen LogP contribution in [0.5, 0.6) is 0 Å². The van der Waals surface area contributed by atoms with Crippen LogP contribution in [0.15, 0.2) is 48.7 Å². The molecule has 1 aliphatic rings. The van der Waals surface area contributed by atoms with Crippen LogP contribution >= 0.6 is 0 Å². The van der Waals surface area contributed by atoms with Gasteiger partial charge in [0, 0.05) is 44.9 Å². The fourth-order valence-corrected chi connectivity index (χ4v) is 3.77. The lowest BCUT2D eigenvalue weighted by Crippen LogP contribution is -2.37. The molecule has 6 nitrogen and oxygen atoms in total. The van der Waals surface area contributed by atoms with Gasteiger partial charge in [-0.15, -0.1) is 0 Å². The Morgan fingerprint density at radius 1 is 1.25 bits per heavy atom. The van der Waals surface area contributed by atoms with Crippen LogP contribution in [0.25, 0.3) is 0 Å². The highest BCUT2D eigenvalue weighted by Gasteiger charge is 2.44. The fourth-order valence-electron chi connectivity index (χ4n) is 3.77. The molecule has 0 bridgehead atoms. The van der Waals surface area contributed by atoms with Crippen molar-refractivity contribution in [3.05, 3.63) is 65.5 Å². The van der Waals surface area contributed by atoms with Crippen molar-refractivity contribution in [3.63, 3.8) is 0 Å². The summed E-state index contributed by atoms with van der Waals surface area (Å²) in [5, 5.41) is 3.00. The molecule has 0 saturated carbocycles. The van der Waals surface area contributed by atoms with Gasteiger partial charge in [0.05, 0.1) is 18.6 Å². The Kier molecular flexibility index (Phi) is 6.76. The Morgan fingerprint density at radius 3 is 2.75 bits per heavy atom. The highest BCUT2D eigenvalue weighted by molar-refractivity contribution is 5.90. The number of likely N-dealkylation sites (tertiary alicyclic amines) is 1. The molecule has 0 radical (unpaired) electrons. The van der Waals surface area contributed by atoms with E-state index in [0.717, 1.165) is 16.8 Å². The monoisotopic (exact) mass is 381 g/mol. The first-order valence-corrected chi connectivity index (χ1v) is 9.63. The minimum absolute atomic E-state index is 0.00446. The molecule has 1 N–H and O–H groups in total. The number of rotatable bonds is 8. The molecule has 0 unspecified atom stereocenters. The topological polar surface area (TPSA) is 71.5 Å². The quantitative estimate of drug-likeness (QED) is 0.762. The lowest BCUT2D eigenvalue weighted by Gasteiger charge is -2.29. The van der Waals surface area contributed by atoms with E-state index in [4.69, 9.17) is 4.74 Å². The number of aryl methyl sites for hydroxylation is 1. The number of hydrogen-bond donors (Lipinski definition) is 1. The van der Waals surface area contributed by atoms with Gasteiger partial charge in [-0.1, -0.05) is 30.3 Å². The van der Waals surface area contributed by atoms with E-state index in [2.05, 4.69) is 10.3 Å². The van der Waals surface area contributed by atoms with E-state index in [-0.39, 0.29) is 24.3 Å². The second kappa shape index (κ2) is 9.46. The summed E-state index contributed by atoms with van der Waals surface area (Å²) in [5.74, 6) is -0.498. The van der Waals surface area contributed by atoms with Gasteiger partial charge in [-0.25, -0.2) is 0 Å². The van der Waals surface area contributed by atoms with Gasteiger partial charge in [0.25, 0.3) is 0 Å². The van der Waals surface area contributed by atoms with Crippen molar-refractivity contribution in [2.75, 3.05) is 26.8 Å². The summed E-state index contributed by atoms with van der Waals surface area (Å²) in [7, 11) is 1.62. The van der Waals surface area contributed by atoms with Crippen molar-refractivity contribution in [2.45, 2.75) is 25.8 Å². The maximum absolute atomic E-state index is 13.0. The van der Waals surface area contributed by atoms with Crippen LogP contribution in [0.3, 0.4) is 0 Å². The van der Waals surface area contributed by atoms with Gasteiger partial charge in [0.15, 0.2) is 0 Å². The number of pyridine rings is 1. The maximum Gasteiger partial charge on any atom is 0.226 e. The van der Waals surface area contributed by atoms with E-state index in [1.165, 1.54) is 0 Å². The van der Waals surface area contributed by atoms with Crippen molar-refractivity contribution in [3.8, 4) is 0 Å². The Balaban J connectivity index is 1.74. The lowest BCUT2D eigenvalue weighted by molar-refractivity contribution is -0.129. The zero-order chi connectivity index (χ0) is 19.9.